The third-order valence-electron chi connectivity index (χ3n) is 4.18. The van der Waals surface area contributed by atoms with Crippen LogP contribution in [0.3, 0.4) is 0 Å². The Hall–Kier alpha value is -3.94. The molecule has 0 saturated heterocycles. The number of aromatic nitrogens is 3. The lowest BCUT2D eigenvalue weighted by Crippen LogP contribution is -2.29. The average molecular weight is 391 g/mol. The summed E-state index contributed by atoms with van der Waals surface area (Å²) in [6.07, 6.45) is 1.84. The number of urea groups is 1. The molecule has 0 spiro atoms. The number of amides is 2. The maximum absolute atomic E-state index is 13.2. The van der Waals surface area contributed by atoms with Crippen LogP contribution in [0.25, 0.3) is 5.65 Å². The number of rotatable bonds is 6. The Bertz CT molecular complexity index is 1140. The molecule has 2 amide bonds. The van der Waals surface area contributed by atoms with Gasteiger partial charge in [0.2, 0.25) is 0 Å². The summed E-state index contributed by atoms with van der Waals surface area (Å²) in [7, 11) is 0. The number of fused-ring (bicyclic) bond motifs is 1. The Labute approximate surface area is 166 Å². The van der Waals surface area contributed by atoms with Crippen LogP contribution in [-0.4, -0.2) is 20.6 Å². The second-order valence-corrected chi connectivity index (χ2v) is 6.30. The van der Waals surface area contributed by atoms with Crippen molar-refractivity contribution in [1.29, 1.82) is 0 Å². The minimum absolute atomic E-state index is 0.236. The lowest BCUT2D eigenvalue weighted by molar-refractivity contribution is 0.251. The summed E-state index contributed by atoms with van der Waals surface area (Å²) in [4.78, 5) is 12.2. The van der Waals surface area contributed by atoms with Crippen LogP contribution in [-0.2, 0) is 13.2 Å². The van der Waals surface area contributed by atoms with E-state index < -0.39 is 0 Å². The van der Waals surface area contributed by atoms with Crippen LogP contribution in [0.5, 0.6) is 5.75 Å². The molecule has 4 aromatic rings. The first-order chi connectivity index (χ1) is 14.2. The minimum Gasteiger partial charge on any atom is -0.489 e. The van der Waals surface area contributed by atoms with Crippen molar-refractivity contribution in [1.82, 2.24) is 19.9 Å². The van der Waals surface area contributed by atoms with Gasteiger partial charge < -0.3 is 15.4 Å². The van der Waals surface area contributed by atoms with Crippen LogP contribution >= 0.6 is 0 Å². The number of halogens is 1. The normalized spacial score (nSPS) is 10.7. The monoisotopic (exact) mass is 391 g/mol. The van der Waals surface area contributed by atoms with Gasteiger partial charge in [0.1, 0.15) is 18.2 Å². The summed E-state index contributed by atoms with van der Waals surface area (Å²) in [5.74, 6) is 0.727. The molecule has 7 nitrogen and oxygen atoms in total. The van der Waals surface area contributed by atoms with E-state index in [1.54, 1.807) is 24.3 Å². The van der Waals surface area contributed by atoms with E-state index in [9.17, 15) is 9.18 Å². The van der Waals surface area contributed by atoms with Crippen molar-refractivity contribution < 1.29 is 13.9 Å². The number of benzene rings is 2. The molecule has 0 aliphatic rings. The van der Waals surface area contributed by atoms with Gasteiger partial charge in [0.25, 0.3) is 0 Å². The molecule has 0 radical (unpaired) electrons. The summed E-state index contributed by atoms with van der Waals surface area (Å²) in [6, 6.07) is 18.4. The summed E-state index contributed by atoms with van der Waals surface area (Å²) in [5, 5.41) is 13.7. The summed E-state index contributed by atoms with van der Waals surface area (Å²) < 4.78 is 20.6. The molecule has 0 bridgehead atoms. The Kier molecular flexibility index (Phi) is 5.33. The van der Waals surface area contributed by atoms with Crippen molar-refractivity contribution in [3.8, 4) is 5.75 Å². The van der Waals surface area contributed by atoms with E-state index in [1.807, 2.05) is 40.9 Å². The summed E-state index contributed by atoms with van der Waals surface area (Å²) >= 11 is 0. The molecule has 0 aliphatic heterocycles. The van der Waals surface area contributed by atoms with Crippen molar-refractivity contribution in [3.05, 3.63) is 90.1 Å². The third kappa shape index (κ3) is 4.67. The highest BCUT2D eigenvalue weighted by molar-refractivity contribution is 5.89. The SMILES string of the molecule is O=C(NCc1nnc2ccccn12)Nc1cccc(COc2cccc(F)c2)c1. The number of nitrogens with one attached hydrogen (secondary N) is 2. The van der Waals surface area contributed by atoms with Crippen LogP contribution in [0.1, 0.15) is 11.4 Å². The molecule has 2 N–H and O–H groups in total. The molecule has 0 atom stereocenters. The van der Waals surface area contributed by atoms with Gasteiger partial charge in [0, 0.05) is 18.0 Å². The van der Waals surface area contributed by atoms with Crippen molar-refractivity contribution >= 4 is 17.4 Å². The first-order valence-electron chi connectivity index (χ1n) is 8.98. The molecule has 4 rings (SSSR count). The first-order valence-corrected chi connectivity index (χ1v) is 8.98. The van der Waals surface area contributed by atoms with E-state index in [1.165, 1.54) is 12.1 Å². The van der Waals surface area contributed by atoms with E-state index in [4.69, 9.17) is 4.74 Å². The van der Waals surface area contributed by atoms with Crippen LogP contribution in [0.15, 0.2) is 72.9 Å². The molecule has 0 fully saturated rings. The van der Waals surface area contributed by atoms with Crippen LogP contribution < -0.4 is 15.4 Å². The van der Waals surface area contributed by atoms with Crippen molar-refractivity contribution in [2.75, 3.05) is 5.32 Å². The standard InChI is InChI=1S/C21H18FN5O2/c22-16-6-4-8-18(12-16)29-14-15-5-3-7-17(11-15)24-21(28)23-13-20-26-25-19-9-1-2-10-27(19)20/h1-12H,13-14H2,(H2,23,24,28). The van der Waals surface area contributed by atoms with Gasteiger partial charge in [-0.2, -0.15) is 0 Å². The first kappa shape index (κ1) is 18.4. The lowest BCUT2D eigenvalue weighted by atomic mass is 10.2. The summed E-state index contributed by atoms with van der Waals surface area (Å²) in [5.41, 5.74) is 2.18. The maximum atomic E-state index is 13.2. The smallest absolute Gasteiger partial charge is 0.319 e. The van der Waals surface area contributed by atoms with Crippen LogP contribution in [0, 0.1) is 5.82 Å². The molecule has 8 heteroatoms. The van der Waals surface area contributed by atoms with Crippen LogP contribution in [0.2, 0.25) is 0 Å². The van der Waals surface area contributed by atoms with E-state index in [2.05, 4.69) is 20.8 Å². The molecule has 2 aromatic carbocycles. The fourth-order valence-corrected chi connectivity index (χ4v) is 2.81. The molecule has 2 heterocycles. The fraction of sp³-hybridized carbons (Fsp3) is 0.0952. The molecule has 0 unspecified atom stereocenters. The highest BCUT2D eigenvalue weighted by Gasteiger charge is 2.07. The third-order valence-corrected chi connectivity index (χ3v) is 4.18. The Morgan fingerprint density at radius 2 is 1.93 bits per heavy atom. The molecule has 2 aromatic heterocycles. The van der Waals surface area contributed by atoms with Gasteiger partial charge in [-0.05, 0) is 42.0 Å². The molecule has 146 valence electrons. The zero-order chi connectivity index (χ0) is 20.1. The van der Waals surface area contributed by atoms with Gasteiger partial charge >= 0.3 is 6.03 Å². The van der Waals surface area contributed by atoms with E-state index in [0.717, 1.165) is 11.2 Å². The number of anilines is 1. The number of pyridine rings is 1. The number of nitrogens with zero attached hydrogens (tertiary/aromatic N) is 3. The van der Waals surface area contributed by atoms with Gasteiger partial charge in [-0.25, -0.2) is 9.18 Å². The minimum atomic E-state index is -0.360. The number of hydrogen-bond acceptors (Lipinski definition) is 4. The molecule has 0 aliphatic carbocycles. The van der Waals surface area contributed by atoms with Gasteiger partial charge in [0.15, 0.2) is 11.5 Å². The predicted octanol–water partition coefficient (Wildman–Crippen LogP) is 3.77. The van der Waals surface area contributed by atoms with Crippen molar-refractivity contribution in [2.45, 2.75) is 13.2 Å². The number of ether oxygens (including phenoxy) is 1. The zero-order valence-corrected chi connectivity index (χ0v) is 15.4. The van der Waals surface area contributed by atoms with Crippen molar-refractivity contribution in [2.24, 2.45) is 0 Å². The van der Waals surface area contributed by atoms with E-state index in [-0.39, 0.29) is 25.0 Å². The van der Waals surface area contributed by atoms with E-state index in [0.29, 0.717) is 17.3 Å². The number of hydrogen-bond donors (Lipinski definition) is 2. The molecular weight excluding hydrogens is 373 g/mol. The second-order valence-electron chi connectivity index (χ2n) is 6.30. The Morgan fingerprint density at radius 3 is 2.83 bits per heavy atom. The van der Waals surface area contributed by atoms with Crippen molar-refractivity contribution in [3.63, 3.8) is 0 Å². The van der Waals surface area contributed by atoms with E-state index >= 15 is 0 Å². The molecule has 0 saturated carbocycles. The van der Waals surface area contributed by atoms with Gasteiger partial charge in [-0.1, -0.05) is 24.3 Å². The highest BCUT2D eigenvalue weighted by Crippen LogP contribution is 2.16. The highest BCUT2D eigenvalue weighted by atomic mass is 19.1. The largest absolute Gasteiger partial charge is 0.489 e. The summed E-state index contributed by atoms with van der Waals surface area (Å²) in [6.45, 7) is 0.492. The average Bonchev–Trinajstić information content (AvgIpc) is 3.14. The second kappa shape index (κ2) is 8.39. The number of carbonyl (C=O) groups excluding carboxylic acids is 1. The van der Waals surface area contributed by atoms with Crippen LogP contribution in [0.4, 0.5) is 14.9 Å². The maximum Gasteiger partial charge on any atom is 0.319 e. The fourth-order valence-electron chi connectivity index (χ4n) is 2.81. The zero-order valence-electron chi connectivity index (χ0n) is 15.4. The van der Waals surface area contributed by atoms with Gasteiger partial charge in [-0.3, -0.25) is 4.40 Å². The molecule has 29 heavy (non-hydrogen) atoms. The van der Waals surface area contributed by atoms with Gasteiger partial charge in [0.05, 0.1) is 6.54 Å². The lowest BCUT2D eigenvalue weighted by Gasteiger charge is -2.10. The predicted molar refractivity (Wildman–Crippen MR) is 106 cm³/mol. The van der Waals surface area contributed by atoms with Gasteiger partial charge in [-0.15, -0.1) is 10.2 Å². The number of carbonyl (C=O) groups is 1. The topological polar surface area (TPSA) is 80.6 Å². The Morgan fingerprint density at radius 1 is 1.03 bits per heavy atom. The quantitative estimate of drug-likeness (QED) is 0.524. The Balaban J connectivity index is 1.33. The molecular formula is C21H18FN5O2.